The molecule has 4 rings (SSSR count). The van der Waals surface area contributed by atoms with Gasteiger partial charge in [0.1, 0.15) is 0 Å². The van der Waals surface area contributed by atoms with Gasteiger partial charge in [-0.1, -0.05) is 0 Å². The van der Waals surface area contributed by atoms with Crippen LogP contribution in [0.25, 0.3) is 6.08 Å². The summed E-state index contributed by atoms with van der Waals surface area (Å²) in [4.78, 5) is 22.4. The van der Waals surface area contributed by atoms with Gasteiger partial charge in [0.2, 0.25) is 0 Å². The SMILES string of the molecule is CCN1C(=O)/C(=C/c2cc(Br)c(O)c(OC)c2)SC1=Nc1ccc(N2CCCCC2)cc1. The third kappa shape index (κ3) is 4.81. The fourth-order valence-corrected chi connectivity index (χ4v) is 5.38. The number of hydrogen-bond donors (Lipinski definition) is 1. The van der Waals surface area contributed by atoms with Crippen molar-refractivity contribution < 1.29 is 14.6 Å². The average Bonchev–Trinajstić information content (AvgIpc) is 3.10. The number of aromatic hydroxyl groups is 1. The van der Waals surface area contributed by atoms with Crippen molar-refractivity contribution in [1.29, 1.82) is 0 Å². The molecule has 0 aromatic heterocycles. The number of hydrogen-bond acceptors (Lipinski definition) is 6. The second-order valence-electron chi connectivity index (χ2n) is 7.67. The fourth-order valence-electron chi connectivity index (χ4n) is 3.85. The van der Waals surface area contributed by atoms with Gasteiger partial charge in [-0.25, -0.2) is 4.99 Å². The van der Waals surface area contributed by atoms with Crippen LogP contribution in [0.3, 0.4) is 0 Å². The number of amides is 1. The number of carbonyl (C=O) groups excluding carboxylic acids is 1. The van der Waals surface area contributed by atoms with E-state index in [4.69, 9.17) is 9.73 Å². The van der Waals surface area contributed by atoms with Gasteiger partial charge in [0.15, 0.2) is 16.7 Å². The van der Waals surface area contributed by atoms with Gasteiger partial charge in [-0.3, -0.25) is 9.69 Å². The first-order chi connectivity index (χ1) is 15.5. The minimum absolute atomic E-state index is 0.0329. The summed E-state index contributed by atoms with van der Waals surface area (Å²) in [6.07, 6.45) is 5.59. The highest BCUT2D eigenvalue weighted by atomic mass is 79.9. The Morgan fingerprint density at radius 3 is 2.56 bits per heavy atom. The van der Waals surface area contributed by atoms with Crippen molar-refractivity contribution in [2.45, 2.75) is 26.2 Å². The second kappa shape index (κ2) is 10.0. The molecule has 0 aliphatic carbocycles. The summed E-state index contributed by atoms with van der Waals surface area (Å²) in [6.45, 7) is 4.69. The number of rotatable bonds is 5. The molecule has 6 nitrogen and oxygen atoms in total. The van der Waals surface area contributed by atoms with Gasteiger partial charge in [0.05, 0.1) is 22.2 Å². The average molecular weight is 516 g/mol. The molecule has 2 heterocycles. The quantitative estimate of drug-likeness (QED) is 0.511. The largest absolute Gasteiger partial charge is 0.503 e. The van der Waals surface area contributed by atoms with Gasteiger partial charge in [0.25, 0.3) is 5.91 Å². The van der Waals surface area contributed by atoms with Crippen molar-refractivity contribution in [3.63, 3.8) is 0 Å². The van der Waals surface area contributed by atoms with Gasteiger partial charge >= 0.3 is 0 Å². The molecular formula is C24H26BrN3O3S. The molecule has 0 spiro atoms. The van der Waals surface area contributed by atoms with Crippen LogP contribution >= 0.6 is 27.7 Å². The minimum Gasteiger partial charge on any atom is -0.503 e. The number of ether oxygens (including phenoxy) is 1. The summed E-state index contributed by atoms with van der Waals surface area (Å²) in [5.41, 5.74) is 2.81. The standard InChI is InChI=1S/C24H26BrN3O3S/c1-3-28-23(30)21(15-16-13-19(25)22(29)20(14-16)31-2)32-24(28)26-17-7-9-18(10-8-17)27-11-5-4-6-12-27/h7-10,13-15,29H,3-6,11-12H2,1-2H3/b21-15-,26-24?. The van der Waals surface area contributed by atoms with E-state index >= 15 is 0 Å². The summed E-state index contributed by atoms with van der Waals surface area (Å²) < 4.78 is 5.72. The number of thioether (sulfide) groups is 1. The van der Waals surface area contributed by atoms with Crippen LogP contribution in [0.15, 0.2) is 50.8 Å². The maximum atomic E-state index is 13.0. The molecule has 2 aliphatic rings. The molecular weight excluding hydrogens is 490 g/mol. The Morgan fingerprint density at radius 2 is 1.91 bits per heavy atom. The molecule has 0 atom stereocenters. The minimum atomic E-state index is -0.0793. The number of anilines is 1. The van der Waals surface area contributed by atoms with Crippen LogP contribution in [-0.2, 0) is 4.79 Å². The van der Waals surface area contributed by atoms with Crippen molar-refractivity contribution in [1.82, 2.24) is 4.90 Å². The van der Waals surface area contributed by atoms with Gasteiger partial charge in [-0.15, -0.1) is 0 Å². The van der Waals surface area contributed by atoms with E-state index in [-0.39, 0.29) is 11.7 Å². The number of halogens is 1. The number of carbonyl (C=O) groups is 1. The smallest absolute Gasteiger partial charge is 0.266 e. The van der Waals surface area contributed by atoms with Crippen LogP contribution in [-0.4, -0.2) is 47.8 Å². The molecule has 168 valence electrons. The molecule has 0 saturated carbocycles. The molecule has 2 aromatic rings. The summed E-state index contributed by atoms with van der Waals surface area (Å²) >= 11 is 4.69. The molecule has 0 unspecified atom stereocenters. The van der Waals surface area contributed by atoms with E-state index in [2.05, 4.69) is 33.0 Å². The Kier molecular flexibility index (Phi) is 7.10. The van der Waals surface area contributed by atoms with Crippen molar-refractivity contribution in [2.24, 2.45) is 4.99 Å². The van der Waals surface area contributed by atoms with E-state index in [9.17, 15) is 9.90 Å². The van der Waals surface area contributed by atoms with Gasteiger partial charge in [-0.2, -0.15) is 0 Å². The highest BCUT2D eigenvalue weighted by Gasteiger charge is 2.32. The fraction of sp³-hybridized carbons (Fsp3) is 0.333. The predicted molar refractivity (Wildman–Crippen MR) is 135 cm³/mol. The second-order valence-corrected chi connectivity index (χ2v) is 9.54. The Labute approximate surface area is 201 Å². The van der Waals surface area contributed by atoms with Crippen molar-refractivity contribution in [2.75, 3.05) is 31.6 Å². The van der Waals surface area contributed by atoms with Crippen LogP contribution < -0.4 is 9.64 Å². The zero-order valence-electron chi connectivity index (χ0n) is 18.2. The maximum Gasteiger partial charge on any atom is 0.266 e. The Morgan fingerprint density at radius 1 is 1.19 bits per heavy atom. The molecule has 2 aromatic carbocycles. The molecule has 32 heavy (non-hydrogen) atoms. The zero-order valence-corrected chi connectivity index (χ0v) is 20.6. The van der Waals surface area contributed by atoms with Crippen LogP contribution in [0, 0.1) is 0 Å². The number of phenols is 1. The molecule has 2 fully saturated rings. The third-order valence-electron chi connectivity index (χ3n) is 5.57. The molecule has 0 radical (unpaired) electrons. The normalized spacial score (nSPS) is 19.3. The highest BCUT2D eigenvalue weighted by molar-refractivity contribution is 9.10. The number of amidine groups is 1. The summed E-state index contributed by atoms with van der Waals surface area (Å²) in [5.74, 6) is 0.298. The first-order valence-electron chi connectivity index (χ1n) is 10.7. The first-order valence-corrected chi connectivity index (χ1v) is 12.3. The van der Waals surface area contributed by atoms with Crippen molar-refractivity contribution in [3.8, 4) is 11.5 Å². The number of likely N-dealkylation sites (N-methyl/N-ethyl adjacent to an activating group) is 1. The van der Waals surface area contributed by atoms with E-state index in [0.717, 1.165) is 24.3 Å². The Balaban J connectivity index is 1.57. The van der Waals surface area contributed by atoms with Gasteiger partial charge < -0.3 is 14.7 Å². The van der Waals surface area contributed by atoms with Crippen LogP contribution in [0.2, 0.25) is 0 Å². The van der Waals surface area contributed by atoms with Gasteiger partial charge in [0, 0.05) is 25.3 Å². The van der Waals surface area contributed by atoms with Crippen LogP contribution in [0.5, 0.6) is 11.5 Å². The summed E-state index contributed by atoms with van der Waals surface area (Å²) in [7, 11) is 1.49. The molecule has 1 amide bonds. The van der Waals surface area contributed by atoms with Crippen molar-refractivity contribution >= 4 is 56.2 Å². The van der Waals surface area contributed by atoms with E-state index < -0.39 is 0 Å². The lowest BCUT2D eigenvalue weighted by Crippen LogP contribution is -2.29. The predicted octanol–water partition coefficient (Wildman–Crippen LogP) is 5.78. The molecule has 2 aliphatic heterocycles. The van der Waals surface area contributed by atoms with E-state index in [1.54, 1.807) is 23.1 Å². The lowest BCUT2D eigenvalue weighted by atomic mass is 10.1. The Bertz CT molecular complexity index is 1060. The lowest BCUT2D eigenvalue weighted by Gasteiger charge is -2.28. The molecule has 1 N–H and O–H groups in total. The number of aliphatic imine (C=N–C) groups is 1. The maximum absolute atomic E-state index is 13.0. The number of methoxy groups -OCH3 is 1. The third-order valence-corrected chi connectivity index (χ3v) is 7.18. The summed E-state index contributed by atoms with van der Waals surface area (Å²) in [6, 6.07) is 11.7. The molecule has 0 bridgehead atoms. The topological polar surface area (TPSA) is 65.4 Å². The number of phenolic OH excluding ortho intramolecular Hbond substituents is 1. The summed E-state index contributed by atoms with van der Waals surface area (Å²) in [5, 5.41) is 10.7. The van der Waals surface area contributed by atoms with Gasteiger partial charge in [-0.05, 0) is 102 Å². The monoisotopic (exact) mass is 515 g/mol. The Hall–Kier alpha value is -2.45. The van der Waals surface area contributed by atoms with Crippen LogP contribution in [0.4, 0.5) is 11.4 Å². The number of nitrogens with zero attached hydrogens (tertiary/aromatic N) is 3. The lowest BCUT2D eigenvalue weighted by molar-refractivity contribution is -0.122. The van der Waals surface area contributed by atoms with E-state index in [1.165, 1.54) is 43.8 Å². The van der Waals surface area contributed by atoms with Crippen molar-refractivity contribution in [3.05, 3.63) is 51.3 Å². The number of benzene rings is 2. The zero-order chi connectivity index (χ0) is 22.7. The molecule has 8 heteroatoms. The first kappa shape index (κ1) is 22.7. The number of piperidine rings is 1. The van der Waals surface area contributed by atoms with E-state index in [0.29, 0.717) is 26.8 Å². The van der Waals surface area contributed by atoms with Crippen LogP contribution in [0.1, 0.15) is 31.7 Å². The molecule has 2 saturated heterocycles. The highest BCUT2D eigenvalue weighted by Crippen LogP contribution is 2.38. The van der Waals surface area contributed by atoms with E-state index in [1.807, 2.05) is 19.1 Å².